The summed E-state index contributed by atoms with van der Waals surface area (Å²) in [5, 5.41) is 3.14. The highest BCUT2D eigenvalue weighted by Crippen LogP contribution is 2.33. The van der Waals surface area contributed by atoms with Crippen LogP contribution >= 0.6 is 0 Å². The van der Waals surface area contributed by atoms with Crippen molar-refractivity contribution in [2.45, 2.75) is 31.9 Å². The van der Waals surface area contributed by atoms with Gasteiger partial charge in [-0.3, -0.25) is 0 Å². The zero-order valence-electron chi connectivity index (χ0n) is 9.22. The number of benzene rings is 1. The van der Waals surface area contributed by atoms with Gasteiger partial charge in [0, 0.05) is 6.54 Å². The van der Waals surface area contributed by atoms with Crippen molar-refractivity contribution >= 4 is 0 Å². The molecule has 1 aromatic rings. The van der Waals surface area contributed by atoms with E-state index in [-0.39, 0.29) is 0 Å². The molecule has 1 N–H and O–H groups in total. The van der Waals surface area contributed by atoms with Crippen molar-refractivity contribution in [1.82, 2.24) is 5.32 Å². The Balaban J connectivity index is 2.26. The van der Waals surface area contributed by atoms with Crippen LogP contribution in [0.5, 0.6) is 0 Å². The average Bonchev–Trinajstić information content (AvgIpc) is 2.30. The van der Waals surface area contributed by atoms with Crippen molar-refractivity contribution in [3.8, 4) is 0 Å². The predicted octanol–water partition coefficient (Wildman–Crippen LogP) is 2.80. The second kappa shape index (κ2) is 4.31. The molecule has 2 rings (SSSR count). The lowest BCUT2D eigenvalue weighted by Gasteiger charge is -2.30. The molecule has 0 saturated carbocycles. The predicted molar refractivity (Wildman–Crippen MR) is 60.7 cm³/mol. The van der Waals surface area contributed by atoms with E-state index in [1.54, 1.807) is 0 Å². The monoisotopic (exact) mass is 207 g/mol. The molecule has 0 radical (unpaired) electrons. The standard InChI is InChI=1S/C13H18FN/c1-2-11-5-3-6-12(9-11)13(14)7-4-8-15-10-13/h3,5-6,9,15H,2,4,7-8,10H2,1H3. The summed E-state index contributed by atoms with van der Waals surface area (Å²) in [6, 6.07) is 7.94. The van der Waals surface area contributed by atoms with Gasteiger partial charge in [-0.2, -0.15) is 0 Å². The maximum Gasteiger partial charge on any atom is 0.148 e. The van der Waals surface area contributed by atoms with E-state index in [0.717, 1.165) is 24.9 Å². The third-order valence-electron chi connectivity index (χ3n) is 3.18. The summed E-state index contributed by atoms with van der Waals surface area (Å²) in [6.45, 7) is 3.50. The van der Waals surface area contributed by atoms with Gasteiger partial charge in [0.25, 0.3) is 0 Å². The van der Waals surface area contributed by atoms with Crippen molar-refractivity contribution in [3.05, 3.63) is 35.4 Å². The van der Waals surface area contributed by atoms with Crippen molar-refractivity contribution in [2.24, 2.45) is 0 Å². The molecule has 1 atom stereocenters. The SMILES string of the molecule is CCc1cccc(C2(F)CCCNC2)c1. The smallest absolute Gasteiger partial charge is 0.148 e. The molecule has 1 heterocycles. The van der Waals surface area contributed by atoms with Gasteiger partial charge in [-0.15, -0.1) is 0 Å². The Morgan fingerprint density at radius 1 is 1.47 bits per heavy atom. The number of alkyl halides is 1. The second-order valence-electron chi connectivity index (χ2n) is 4.30. The molecule has 0 aliphatic carbocycles. The molecule has 1 unspecified atom stereocenters. The Hall–Kier alpha value is -0.890. The number of halogens is 1. The first-order valence-corrected chi connectivity index (χ1v) is 5.74. The van der Waals surface area contributed by atoms with Crippen LogP contribution in [0.15, 0.2) is 24.3 Å². The van der Waals surface area contributed by atoms with Crippen LogP contribution in [0.4, 0.5) is 4.39 Å². The molecule has 0 spiro atoms. The van der Waals surface area contributed by atoms with E-state index >= 15 is 0 Å². The van der Waals surface area contributed by atoms with E-state index in [9.17, 15) is 4.39 Å². The van der Waals surface area contributed by atoms with E-state index in [1.165, 1.54) is 5.56 Å². The fourth-order valence-corrected chi connectivity index (χ4v) is 2.18. The van der Waals surface area contributed by atoms with E-state index in [1.807, 2.05) is 18.2 Å². The van der Waals surface area contributed by atoms with E-state index in [0.29, 0.717) is 13.0 Å². The molecule has 0 amide bonds. The van der Waals surface area contributed by atoms with Gasteiger partial charge in [0.2, 0.25) is 0 Å². The summed E-state index contributed by atoms with van der Waals surface area (Å²) in [5.41, 5.74) is 0.910. The highest BCUT2D eigenvalue weighted by molar-refractivity contribution is 5.29. The molecular weight excluding hydrogens is 189 g/mol. The third-order valence-corrected chi connectivity index (χ3v) is 3.18. The van der Waals surface area contributed by atoms with E-state index in [2.05, 4.69) is 18.3 Å². The van der Waals surface area contributed by atoms with Crippen molar-refractivity contribution in [1.29, 1.82) is 0 Å². The number of nitrogens with one attached hydrogen (secondary N) is 1. The minimum Gasteiger partial charge on any atom is -0.313 e. The zero-order valence-corrected chi connectivity index (χ0v) is 9.22. The van der Waals surface area contributed by atoms with Gasteiger partial charge in [0.1, 0.15) is 5.67 Å². The third kappa shape index (κ3) is 2.20. The van der Waals surface area contributed by atoms with Crippen LogP contribution in [0.1, 0.15) is 30.9 Å². The Morgan fingerprint density at radius 3 is 3.00 bits per heavy atom. The lowest BCUT2D eigenvalue weighted by molar-refractivity contribution is 0.122. The van der Waals surface area contributed by atoms with Gasteiger partial charge in [0.05, 0.1) is 0 Å². The lowest BCUT2D eigenvalue weighted by Crippen LogP contribution is -2.40. The molecule has 1 aliphatic heterocycles. The number of hydrogen-bond acceptors (Lipinski definition) is 1. The molecule has 1 nitrogen and oxygen atoms in total. The van der Waals surface area contributed by atoms with Crippen LogP contribution < -0.4 is 5.32 Å². The molecule has 82 valence electrons. The molecule has 1 saturated heterocycles. The van der Waals surface area contributed by atoms with Crippen LogP contribution in [0, 0.1) is 0 Å². The first-order valence-electron chi connectivity index (χ1n) is 5.74. The van der Waals surface area contributed by atoms with Gasteiger partial charge in [-0.1, -0.05) is 31.2 Å². The quantitative estimate of drug-likeness (QED) is 0.786. The van der Waals surface area contributed by atoms with Gasteiger partial charge >= 0.3 is 0 Å². The maximum absolute atomic E-state index is 14.6. The first kappa shape index (κ1) is 10.6. The van der Waals surface area contributed by atoms with E-state index in [4.69, 9.17) is 0 Å². The van der Waals surface area contributed by atoms with Crippen LogP contribution in [0.3, 0.4) is 0 Å². The highest BCUT2D eigenvalue weighted by atomic mass is 19.1. The van der Waals surface area contributed by atoms with Gasteiger partial charge < -0.3 is 5.32 Å². The summed E-state index contributed by atoms with van der Waals surface area (Å²) in [7, 11) is 0. The molecule has 1 aromatic carbocycles. The average molecular weight is 207 g/mol. The minimum absolute atomic E-state index is 0.458. The normalized spacial score (nSPS) is 26.5. The van der Waals surface area contributed by atoms with Gasteiger partial charge in [0.15, 0.2) is 0 Å². The van der Waals surface area contributed by atoms with Gasteiger partial charge in [-0.05, 0) is 36.9 Å². The molecule has 1 fully saturated rings. The topological polar surface area (TPSA) is 12.0 Å². The highest BCUT2D eigenvalue weighted by Gasteiger charge is 2.33. The lowest BCUT2D eigenvalue weighted by atomic mass is 9.87. The van der Waals surface area contributed by atoms with Crippen molar-refractivity contribution < 1.29 is 4.39 Å². The molecular formula is C13H18FN. The molecule has 0 bridgehead atoms. The zero-order chi connectivity index (χ0) is 10.7. The van der Waals surface area contributed by atoms with E-state index < -0.39 is 5.67 Å². The fourth-order valence-electron chi connectivity index (χ4n) is 2.18. The first-order chi connectivity index (χ1) is 7.24. The minimum atomic E-state index is -1.15. The van der Waals surface area contributed by atoms with Crippen LogP contribution in [-0.4, -0.2) is 13.1 Å². The number of rotatable bonds is 2. The van der Waals surface area contributed by atoms with Crippen LogP contribution in [0.2, 0.25) is 0 Å². The Kier molecular flexibility index (Phi) is 3.06. The van der Waals surface area contributed by atoms with Crippen LogP contribution in [0.25, 0.3) is 0 Å². The molecule has 1 aliphatic rings. The molecule has 2 heteroatoms. The van der Waals surface area contributed by atoms with Crippen molar-refractivity contribution in [3.63, 3.8) is 0 Å². The summed E-state index contributed by atoms with van der Waals surface area (Å²) < 4.78 is 14.6. The Morgan fingerprint density at radius 2 is 2.33 bits per heavy atom. The molecule has 15 heavy (non-hydrogen) atoms. The summed E-state index contributed by atoms with van der Waals surface area (Å²) in [4.78, 5) is 0. The summed E-state index contributed by atoms with van der Waals surface area (Å²) in [6.07, 6.45) is 2.54. The summed E-state index contributed by atoms with van der Waals surface area (Å²) in [5.74, 6) is 0. The summed E-state index contributed by atoms with van der Waals surface area (Å²) >= 11 is 0. The van der Waals surface area contributed by atoms with Gasteiger partial charge in [-0.25, -0.2) is 4.39 Å². The maximum atomic E-state index is 14.6. The van der Waals surface area contributed by atoms with Crippen molar-refractivity contribution in [2.75, 3.05) is 13.1 Å². The Labute approximate surface area is 90.7 Å². The second-order valence-corrected chi connectivity index (χ2v) is 4.30. The number of hydrogen-bond donors (Lipinski definition) is 1. The molecule has 0 aromatic heterocycles. The fraction of sp³-hybridized carbons (Fsp3) is 0.538. The number of piperidine rings is 1. The van der Waals surface area contributed by atoms with Crippen LogP contribution in [-0.2, 0) is 12.1 Å². The number of aryl methyl sites for hydroxylation is 1. The Bertz CT molecular complexity index is 329. The largest absolute Gasteiger partial charge is 0.313 e.